The molecule has 1 heterocycles. The van der Waals surface area contributed by atoms with Crippen molar-refractivity contribution in [1.82, 2.24) is 4.90 Å². The van der Waals surface area contributed by atoms with E-state index >= 15 is 0 Å². The molecule has 2 aromatic carbocycles. The maximum atomic E-state index is 10.5. The highest BCUT2D eigenvalue weighted by atomic mass is 16.5. The number of methoxy groups -OCH3 is 2. The van der Waals surface area contributed by atoms with E-state index in [0.717, 1.165) is 49.1 Å². The van der Waals surface area contributed by atoms with E-state index in [-0.39, 0.29) is 11.2 Å². The van der Waals surface area contributed by atoms with Gasteiger partial charge in [-0.3, -0.25) is 4.99 Å². The van der Waals surface area contributed by atoms with Gasteiger partial charge in [0.15, 0.2) is 5.96 Å². The highest BCUT2D eigenvalue weighted by molar-refractivity contribution is 5.95. The van der Waals surface area contributed by atoms with Crippen molar-refractivity contribution in [1.29, 1.82) is 0 Å². The Morgan fingerprint density at radius 1 is 1.06 bits per heavy atom. The average Bonchev–Trinajstić information content (AvgIpc) is 2.79. The summed E-state index contributed by atoms with van der Waals surface area (Å²) >= 11 is 0. The summed E-state index contributed by atoms with van der Waals surface area (Å²) in [5.74, 6) is 1.84. The summed E-state index contributed by atoms with van der Waals surface area (Å²) in [5.41, 5.74) is 2.96. The smallest absolute Gasteiger partial charge is 0.198 e. The maximum absolute atomic E-state index is 10.5. The third-order valence-electron chi connectivity index (χ3n) is 5.66. The van der Waals surface area contributed by atoms with E-state index in [1.54, 1.807) is 20.3 Å². The number of phenolic OH excluding ortho intramolecular Hbond substituents is 1. The molecule has 32 heavy (non-hydrogen) atoms. The standard InChI is InChI=1S/C25H36N4O3/c1-25(2,3)19-9-10-23(30)22(17-19)27-24(26-11-16-31-4)29-14-12-28(13-15-29)20-7-6-8-21(18-20)32-5/h6-10,17-18,30H,11-16H2,1-5H3,(H,26,27). The molecule has 0 amide bonds. The van der Waals surface area contributed by atoms with Gasteiger partial charge >= 0.3 is 0 Å². The topological polar surface area (TPSA) is 69.6 Å². The van der Waals surface area contributed by atoms with Crippen molar-refractivity contribution in [2.24, 2.45) is 4.99 Å². The summed E-state index contributed by atoms with van der Waals surface area (Å²) in [7, 11) is 3.36. The van der Waals surface area contributed by atoms with Crippen LogP contribution in [0.25, 0.3) is 0 Å². The van der Waals surface area contributed by atoms with Gasteiger partial charge in [0, 0.05) is 45.0 Å². The molecule has 1 saturated heterocycles. The van der Waals surface area contributed by atoms with Crippen LogP contribution in [0.3, 0.4) is 0 Å². The summed E-state index contributed by atoms with van der Waals surface area (Å²) in [6, 6.07) is 13.9. The van der Waals surface area contributed by atoms with Crippen molar-refractivity contribution < 1.29 is 14.6 Å². The van der Waals surface area contributed by atoms with E-state index in [2.05, 4.69) is 48.0 Å². The van der Waals surface area contributed by atoms with E-state index < -0.39 is 0 Å². The maximum Gasteiger partial charge on any atom is 0.198 e. The van der Waals surface area contributed by atoms with Crippen molar-refractivity contribution in [3.05, 3.63) is 48.0 Å². The largest absolute Gasteiger partial charge is 0.506 e. The number of hydrogen-bond donors (Lipinski definition) is 2. The van der Waals surface area contributed by atoms with E-state index in [4.69, 9.17) is 14.5 Å². The quantitative estimate of drug-likeness (QED) is 0.307. The zero-order valence-electron chi connectivity index (χ0n) is 19.9. The SMILES string of the molecule is COCCN=C(Nc1cc(C(C)(C)C)ccc1O)N1CCN(c2cccc(OC)c2)CC1. The lowest BCUT2D eigenvalue weighted by atomic mass is 9.87. The lowest BCUT2D eigenvalue weighted by Gasteiger charge is -2.38. The van der Waals surface area contributed by atoms with Gasteiger partial charge in [-0.15, -0.1) is 0 Å². The molecule has 7 heteroatoms. The fraction of sp³-hybridized carbons (Fsp3) is 0.480. The minimum absolute atomic E-state index is 0.0140. The van der Waals surface area contributed by atoms with Gasteiger partial charge in [-0.05, 0) is 35.2 Å². The van der Waals surface area contributed by atoms with Gasteiger partial charge < -0.3 is 29.7 Å². The van der Waals surface area contributed by atoms with E-state index in [1.807, 2.05) is 24.3 Å². The molecule has 0 spiro atoms. The van der Waals surface area contributed by atoms with Crippen LogP contribution in [-0.4, -0.2) is 69.5 Å². The average molecular weight is 441 g/mol. The minimum Gasteiger partial charge on any atom is -0.506 e. The summed E-state index contributed by atoms with van der Waals surface area (Å²) in [6.45, 7) is 10.9. The lowest BCUT2D eigenvalue weighted by molar-refractivity contribution is 0.207. The van der Waals surface area contributed by atoms with Gasteiger partial charge in [0.05, 0.1) is 25.9 Å². The summed E-state index contributed by atoms with van der Waals surface area (Å²) in [4.78, 5) is 9.33. The van der Waals surface area contributed by atoms with E-state index in [9.17, 15) is 5.11 Å². The van der Waals surface area contributed by atoms with Gasteiger partial charge in [0.25, 0.3) is 0 Å². The molecule has 2 N–H and O–H groups in total. The second kappa shape index (κ2) is 10.6. The van der Waals surface area contributed by atoms with Gasteiger partial charge in [-0.1, -0.05) is 32.9 Å². The number of piperazine rings is 1. The van der Waals surface area contributed by atoms with Crippen molar-refractivity contribution >= 4 is 17.3 Å². The minimum atomic E-state index is -0.0140. The summed E-state index contributed by atoms with van der Waals surface area (Å²) in [6.07, 6.45) is 0. The van der Waals surface area contributed by atoms with Crippen LogP contribution >= 0.6 is 0 Å². The van der Waals surface area contributed by atoms with Crippen molar-refractivity contribution in [3.63, 3.8) is 0 Å². The van der Waals surface area contributed by atoms with Gasteiger partial charge in [-0.2, -0.15) is 0 Å². The van der Waals surface area contributed by atoms with Gasteiger partial charge in [0.2, 0.25) is 0 Å². The first kappa shape index (κ1) is 23.7. The third-order valence-corrected chi connectivity index (χ3v) is 5.66. The molecular weight excluding hydrogens is 404 g/mol. The fourth-order valence-corrected chi connectivity index (χ4v) is 3.67. The number of benzene rings is 2. The molecule has 1 fully saturated rings. The molecule has 0 unspecified atom stereocenters. The zero-order valence-corrected chi connectivity index (χ0v) is 19.9. The Morgan fingerprint density at radius 3 is 2.47 bits per heavy atom. The zero-order chi connectivity index (χ0) is 23.1. The number of aliphatic imine (C=N–C) groups is 1. The Bertz CT molecular complexity index is 916. The molecule has 0 bridgehead atoms. The third kappa shape index (κ3) is 6.07. The van der Waals surface area contributed by atoms with E-state index in [1.165, 1.54) is 0 Å². The number of guanidine groups is 1. The van der Waals surface area contributed by atoms with Gasteiger partial charge in [-0.25, -0.2) is 0 Å². The highest BCUT2D eigenvalue weighted by Gasteiger charge is 2.22. The predicted octanol–water partition coefficient (Wildman–Crippen LogP) is 3.93. The molecular formula is C25H36N4O3. The van der Waals surface area contributed by atoms with Crippen LogP contribution in [-0.2, 0) is 10.2 Å². The Labute approximate surface area is 191 Å². The molecule has 0 aliphatic carbocycles. The monoisotopic (exact) mass is 440 g/mol. The molecule has 0 radical (unpaired) electrons. The number of ether oxygens (including phenoxy) is 2. The summed E-state index contributed by atoms with van der Waals surface area (Å²) < 4.78 is 10.6. The van der Waals surface area contributed by atoms with Crippen LogP contribution in [0, 0.1) is 0 Å². The molecule has 0 atom stereocenters. The second-order valence-corrected chi connectivity index (χ2v) is 8.98. The van der Waals surface area contributed by atoms with Crippen molar-refractivity contribution in [2.45, 2.75) is 26.2 Å². The van der Waals surface area contributed by atoms with Crippen LogP contribution in [0.15, 0.2) is 47.5 Å². The first-order chi connectivity index (χ1) is 15.3. The van der Waals surface area contributed by atoms with Crippen LogP contribution in [0.1, 0.15) is 26.3 Å². The predicted molar refractivity (Wildman–Crippen MR) is 131 cm³/mol. The number of anilines is 2. The van der Waals surface area contributed by atoms with E-state index in [0.29, 0.717) is 18.8 Å². The lowest BCUT2D eigenvalue weighted by Crippen LogP contribution is -2.50. The Balaban J connectivity index is 1.75. The molecule has 3 rings (SSSR count). The number of nitrogens with one attached hydrogen (secondary N) is 1. The molecule has 174 valence electrons. The number of aromatic hydroxyl groups is 1. The highest BCUT2D eigenvalue weighted by Crippen LogP contribution is 2.31. The van der Waals surface area contributed by atoms with Crippen LogP contribution in [0.2, 0.25) is 0 Å². The fourth-order valence-electron chi connectivity index (χ4n) is 3.67. The van der Waals surface area contributed by atoms with Gasteiger partial charge in [0.1, 0.15) is 11.5 Å². The van der Waals surface area contributed by atoms with Crippen LogP contribution in [0.5, 0.6) is 11.5 Å². The molecule has 2 aromatic rings. The first-order valence-corrected chi connectivity index (χ1v) is 11.1. The Hall–Kier alpha value is -2.93. The second-order valence-electron chi connectivity index (χ2n) is 8.98. The normalized spacial score (nSPS) is 15.1. The van der Waals surface area contributed by atoms with Crippen LogP contribution < -0.4 is 15.0 Å². The molecule has 1 aliphatic rings. The first-order valence-electron chi connectivity index (χ1n) is 11.1. The molecule has 1 aliphatic heterocycles. The Kier molecular flexibility index (Phi) is 7.85. The van der Waals surface area contributed by atoms with Crippen molar-refractivity contribution in [2.75, 3.05) is 63.8 Å². The molecule has 0 saturated carbocycles. The Morgan fingerprint density at radius 2 is 1.81 bits per heavy atom. The van der Waals surface area contributed by atoms with Crippen molar-refractivity contribution in [3.8, 4) is 11.5 Å². The van der Waals surface area contributed by atoms with Crippen LogP contribution in [0.4, 0.5) is 11.4 Å². The number of hydrogen-bond acceptors (Lipinski definition) is 5. The number of phenols is 1. The number of nitrogens with zero attached hydrogens (tertiary/aromatic N) is 3. The summed E-state index contributed by atoms with van der Waals surface area (Å²) in [5, 5.41) is 13.9. The molecule has 0 aromatic heterocycles. The number of rotatable bonds is 6. The molecule has 7 nitrogen and oxygen atoms in total.